The van der Waals surface area contributed by atoms with Crippen molar-refractivity contribution in [3.63, 3.8) is 0 Å². The number of fused-ring (bicyclic) bond motifs is 1. The van der Waals surface area contributed by atoms with E-state index in [-0.39, 0.29) is 24.6 Å². The molecule has 2 aliphatic heterocycles. The number of hydrogen-bond acceptors (Lipinski definition) is 5. The number of benzene rings is 2. The largest absolute Gasteiger partial charge is 0.454 e. The number of nitrogens with one attached hydrogen (secondary N) is 2. The lowest BCUT2D eigenvalue weighted by Gasteiger charge is -2.18. The summed E-state index contributed by atoms with van der Waals surface area (Å²) in [6, 6.07) is 12.7. The molecule has 2 aromatic rings. The average Bonchev–Trinajstić information content (AvgIpc) is 3.42. The van der Waals surface area contributed by atoms with Gasteiger partial charge in [-0.2, -0.15) is 0 Å². The highest BCUT2D eigenvalue weighted by Crippen LogP contribution is 2.35. The molecule has 0 aromatic heterocycles. The van der Waals surface area contributed by atoms with Gasteiger partial charge in [-0.1, -0.05) is 31.0 Å². The topological polar surface area (TPSA) is 62.8 Å². The molecule has 1 amide bonds. The summed E-state index contributed by atoms with van der Waals surface area (Å²) in [7, 11) is 1.82. The summed E-state index contributed by atoms with van der Waals surface area (Å²) in [6.45, 7) is 0.860. The summed E-state index contributed by atoms with van der Waals surface area (Å²) >= 11 is 0. The van der Waals surface area contributed by atoms with E-state index in [2.05, 4.69) is 10.9 Å². The van der Waals surface area contributed by atoms with Crippen LogP contribution in [-0.4, -0.2) is 37.2 Å². The molecule has 0 spiro atoms. The first-order chi connectivity index (χ1) is 14.6. The SMILES string of the molecule is CN(CCCCCC1CC(c2cccc(F)c2)NN1)C(=O)c1cccc2c1OCO2. The molecule has 30 heavy (non-hydrogen) atoms. The van der Waals surface area contributed by atoms with Crippen LogP contribution in [0.5, 0.6) is 11.5 Å². The maximum Gasteiger partial charge on any atom is 0.257 e. The summed E-state index contributed by atoms with van der Waals surface area (Å²) in [5.41, 5.74) is 8.13. The van der Waals surface area contributed by atoms with Gasteiger partial charge >= 0.3 is 0 Å². The van der Waals surface area contributed by atoms with Crippen molar-refractivity contribution in [3.8, 4) is 11.5 Å². The predicted octanol–water partition coefficient (Wildman–Crippen LogP) is 3.79. The minimum atomic E-state index is -0.198. The number of unbranched alkanes of at least 4 members (excludes halogenated alkanes) is 2. The Morgan fingerprint density at radius 2 is 2.00 bits per heavy atom. The van der Waals surface area contributed by atoms with Gasteiger partial charge in [0.05, 0.1) is 5.56 Å². The lowest BCUT2D eigenvalue weighted by Crippen LogP contribution is -2.31. The quantitative estimate of drug-likeness (QED) is 0.645. The third kappa shape index (κ3) is 4.74. The first-order valence-corrected chi connectivity index (χ1v) is 10.5. The second-order valence-corrected chi connectivity index (χ2v) is 7.94. The van der Waals surface area contributed by atoms with E-state index < -0.39 is 0 Å². The van der Waals surface area contributed by atoms with E-state index in [0.717, 1.165) is 37.7 Å². The summed E-state index contributed by atoms with van der Waals surface area (Å²) in [4.78, 5) is 14.5. The molecule has 2 aromatic carbocycles. The predicted molar refractivity (Wildman–Crippen MR) is 112 cm³/mol. The van der Waals surface area contributed by atoms with E-state index in [1.165, 1.54) is 6.07 Å². The molecule has 4 rings (SSSR count). The zero-order chi connectivity index (χ0) is 20.9. The van der Waals surface area contributed by atoms with Crippen molar-refractivity contribution in [1.29, 1.82) is 0 Å². The zero-order valence-corrected chi connectivity index (χ0v) is 17.2. The Hall–Kier alpha value is -2.64. The minimum Gasteiger partial charge on any atom is -0.454 e. The molecule has 0 aliphatic carbocycles. The van der Waals surface area contributed by atoms with Crippen molar-refractivity contribution < 1.29 is 18.7 Å². The molecule has 2 unspecified atom stereocenters. The molecule has 1 fully saturated rings. The van der Waals surface area contributed by atoms with Crippen LogP contribution in [0.25, 0.3) is 0 Å². The Labute approximate surface area is 176 Å². The van der Waals surface area contributed by atoms with Crippen LogP contribution in [0.15, 0.2) is 42.5 Å². The first kappa shape index (κ1) is 20.6. The number of nitrogens with zero attached hydrogens (tertiary/aromatic N) is 1. The number of hydrazine groups is 1. The van der Waals surface area contributed by atoms with Gasteiger partial charge in [-0.3, -0.25) is 15.6 Å². The van der Waals surface area contributed by atoms with E-state index in [1.54, 1.807) is 23.1 Å². The van der Waals surface area contributed by atoms with Crippen LogP contribution in [0.4, 0.5) is 4.39 Å². The highest BCUT2D eigenvalue weighted by atomic mass is 19.1. The third-order valence-electron chi connectivity index (χ3n) is 5.75. The van der Waals surface area contributed by atoms with Crippen LogP contribution >= 0.6 is 0 Å². The van der Waals surface area contributed by atoms with Crippen LogP contribution in [0.2, 0.25) is 0 Å². The number of amides is 1. The lowest BCUT2D eigenvalue weighted by atomic mass is 9.99. The van der Waals surface area contributed by atoms with Gasteiger partial charge in [0.1, 0.15) is 5.82 Å². The Morgan fingerprint density at radius 3 is 2.87 bits per heavy atom. The Bertz CT molecular complexity index is 892. The van der Waals surface area contributed by atoms with Gasteiger partial charge in [0.25, 0.3) is 5.91 Å². The normalized spacial score (nSPS) is 19.8. The molecule has 160 valence electrons. The number of ether oxygens (including phenoxy) is 2. The molecule has 2 aliphatic rings. The number of rotatable bonds is 8. The number of carbonyl (C=O) groups excluding carboxylic acids is 1. The number of halogens is 1. The fraction of sp³-hybridized carbons (Fsp3) is 0.435. The Morgan fingerprint density at radius 1 is 1.13 bits per heavy atom. The van der Waals surface area contributed by atoms with E-state index in [4.69, 9.17) is 9.47 Å². The second-order valence-electron chi connectivity index (χ2n) is 7.94. The zero-order valence-electron chi connectivity index (χ0n) is 17.2. The van der Waals surface area contributed by atoms with Gasteiger partial charge in [-0.15, -0.1) is 0 Å². The second kappa shape index (κ2) is 9.45. The van der Waals surface area contributed by atoms with Crippen molar-refractivity contribution in [2.45, 2.75) is 44.2 Å². The molecule has 0 bridgehead atoms. The van der Waals surface area contributed by atoms with Gasteiger partial charge in [0, 0.05) is 25.7 Å². The smallest absolute Gasteiger partial charge is 0.257 e. The molecular weight excluding hydrogens is 385 g/mol. The fourth-order valence-electron chi connectivity index (χ4n) is 4.08. The van der Waals surface area contributed by atoms with Gasteiger partial charge in [0.2, 0.25) is 6.79 Å². The maximum atomic E-state index is 13.4. The number of para-hydroxylation sites is 1. The Kier molecular flexibility index (Phi) is 6.50. The van der Waals surface area contributed by atoms with E-state index >= 15 is 0 Å². The molecular formula is C23H28FN3O3. The highest BCUT2D eigenvalue weighted by Gasteiger charge is 2.25. The molecule has 2 N–H and O–H groups in total. The maximum absolute atomic E-state index is 13.4. The third-order valence-corrected chi connectivity index (χ3v) is 5.75. The molecule has 2 atom stereocenters. The highest BCUT2D eigenvalue weighted by molar-refractivity contribution is 5.97. The molecule has 7 heteroatoms. The standard InChI is InChI=1S/C23H28FN3O3/c1-27(23(28)19-10-6-11-21-22(19)30-15-29-21)12-4-2-3-9-18-14-20(26-25-18)16-7-5-8-17(24)13-16/h5-8,10-11,13,18,20,25-26H,2-4,9,12,14-15H2,1H3. The van der Waals surface area contributed by atoms with Gasteiger partial charge in [-0.05, 0) is 49.1 Å². The van der Waals surface area contributed by atoms with Crippen LogP contribution in [0, 0.1) is 5.82 Å². The number of carbonyl (C=O) groups is 1. The molecule has 1 saturated heterocycles. The molecule has 0 radical (unpaired) electrons. The summed E-state index contributed by atoms with van der Waals surface area (Å²) in [5, 5.41) is 0. The molecule has 0 saturated carbocycles. The lowest BCUT2D eigenvalue weighted by molar-refractivity contribution is 0.0787. The van der Waals surface area contributed by atoms with Crippen LogP contribution in [0.1, 0.15) is 54.1 Å². The van der Waals surface area contributed by atoms with Gasteiger partial charge in [0.15, 0.2) is 11.5 Å². The van der Waals surface area contributed by atoms with Crippen LogP contribution in [-0.2, 0) is 0 Å². The summed E-state index contributed by atoms with van der Waals surface area (Å²) in [6.07, 6.45) is 5.07. The van der Waals surface area contributed by atoms with Crippen molar-refractivity contribution >= 4 is 5.91 Å². The first-order valence-electron chi connectivity index (χ1n) is 10.5. The molecule has 2 heterocycles. The van der Waals surface area contributed by atoms with Crippen LogP contribution < -0.4 is 20.3 Å². The van der Waals surface area contributed by atoms with Gasteiger partial charge in [-0.25, -0.2) is 4.39 Å². The van der Waals surface area contributed by atoms with E-state index in [9.17, 15) is 9.18 Å². The fourth-order valence-corrected chi connectivity index (χ4v) is 4.08. The Balaban J connectivity index is 1.16. The van der Waals surface area contributed by atoms with Crippen LogP contribution in [0.3, 0.4) is 0 Å². The van der Waals surface area contributed by atoms with Gasteiger partial charge < -0.3 is 14.4 Å². The number of hydrogen-bond donors (Lipinski definition) is 2. The van der Waals surface area contributed by atoms with Crippen molar-refractivity contribution in [2.24, 2.45) is 0 Å². The van der Waals surface area contributed by atoms with Crippen molar-refractivity contribution in [2.75, 3.05) is 20.4 Å². The minimum absolute atomic E-state index is 0.0445. The molecule has 6 nitrogen and oxygen atoms in total. The van der Waals surface area contributed by atoms with E-state index in [1.807, 2.05) is 25.2 Å². The van der Waals surface area contributed by atoms with Crippen molar-refractivity contribution in [1.82, 2.24) is 15.8 Å². The summed E-state index contributed by atoms with van der Waals surface area (Å²) in [5.74, 6) is 0.929. The average molecular weight is 413 g/mol. The van der Waals surface area contributed by atoms with E-state index in [0.29, 0.717) is 29.6 Å². The van der Waals surface area contributed by atoms with Crippen molar-refractivity contribution in [3.05, 3.63) is 59.4 Å². The monoisotopic (exact) mass is 413 g/mol. The summed E-state index contributed by atoms with van der Waals surface area (Å²) < 4.78 is 24.2.